The molecule has 0 atom stereocenters. The Hall–Kier alpha value is -2.58. The molecule has 0 amide bonds. The zero-order valence-corrected chi connectivity index (χ0v) is 14.5. The Morgan fingerprint density at radius 1 is 0.625 bits per heavy atom. The summed E-state index contributed by atoms with van der Waals surface area (Å²) in [5.41, 5.74) is 4.97. The minimum absolute atomic E-state index is 1.08. The Morgan fingerprint density at radius 3 is 2.04 bits per heavy atom. The van der Waals surface area contributed by atoms with Crippen LogP contribution in [0, 0.1) is 0 Å². The number of aromatic nitrogens is 1. The van der Waals surface area contributed by atoms with Gasteiger partial charge in [0.2, 0.25) is 0 Å². The number of hydrogen-bond acceptors (Lipinski definition) is 0. The predicted molar refractivity (Wildman–Crippen MR) is 106 cm³/mol. The third kappa shape index (κ3) is 1.87. The van der Waals surface area contributed by atoms with Gasteiger partial charge in [-0.25, -0.2) is 0 Å². The fourth-order valence-corrected chi connectivity index (χ4v) is 4.24. The van der Waals surface area contributed by atoms with Crippen LogP contribution >= 0.6 is 15.9 Å². The highest BCUT2D eigenvalue weighted by Crippen LogP contribution is 2.39. The van der Waals surface area contributed by atoms with Gasteiger partial charge in [0, 0.05) is 16.3 Å². The van der Waals surface area contributed by atoms with E-state index < -0.39 is 0 Å². The van der Waals surface area contributed by atoms with Crippen LogP contribution in [0.15, 0.2) is 89.5 Å². The molecule has 0 aliphatic heterocycles. The van der Waals surface area contributed by atoms with E-state index >= 15 is 0 Å². The van der Waals surface area contributed by atoms with E-state index in [4.69, 9.17) is 0 Å². The Labute approximate surface area is 148 Å². The van der Waals surface area contributed by atoms with Gasteiger partial charge in [-0.05, 0) is 39.0 Å². The van der Waals surface area contributed by atoms with E-state index in [-0.39, 0.29) is 0 Å². The van der Waals surface area contributed by atoms with Crippen LogP contribution in [0.1, 0.15) is 0 Å². The standard InChI is InChI=1S/C22H14BrN/c23-21-14-19(15-8-2-1-3-9-15)22-18-12-5-4-10-16(18)17-11-6-7-13-20(17)24(21)22/h1-14H. The van der Waals surface area contributed by atoms with Gasteiger partial charge in [0.25, 0.3) is 0 Å². The lowest BCUT2D eigenvalue weighted by Crippen LogP contribution is -1.91. The molecule has 5 rings (SSSR count). The molecule has 0 aliphatic rings. The molecule has 0 radical (unpaired) electrons. The smallest absolute Gasteiger partial charge is 0.0904 e. The molecule has 0 spiro atoms. The fraction of sp³-hybridized carbons (Fsp3) is 0. The van der Waals surface area contributed by atoms with Crippen LogP contribution in [-0.2, 0) is 0 Å². The summed E-state index contributed by atoms with van der Waals surface area (Å²) in [6.07, 6.45) is 0. The molecule has 0 fully saturated rings. The summed E-state index contributed by atoms with van der Waals surface area (Å²) in [6.45, 7) is 0. The van der Waals surface area contributed by atoms with E-state index in [0.29, 0.717) is 0 Å². The minimum Gasteiger partial charge on any atom is -0.302 e. The Bertz CT molecular complexity index is 1200. The van der Waals surface area contributed by atoms with Crippen molar-refractivity contribution in [1.82, 2.24) is 4.40 Å². The molecule has 2 aromatic heterocycles. The van der Waals surface area contributed by atoms with Crippen LogP contribution in [0.2, 0.25) is 0 Å². The summed E-state index contributed by atoms with van der Waals surface area (Å²) in [6, 6.07) is 30.1. The molecule has 0 aliphatic carbocycles. The van der Waals surface area contributed by atoms with Gasteiger partial charge in [-0.1, -0.05) is 72.8 Å². The van der Waals surface area contributed by atoms with Gasteiger partial charge in [-0.2, -0.15) is 0 Å². The van der Waals surface area contributed by atoms with Gasteiger partial charge in [-0.3, -0.25) is 0 Å². The summed E-state index contributed by atoms with van der Waals surface area (Å²) in [5.74, 6) is 0. The van der Waals surface area contributed by atoms with E-state index in [2.05, 4.69) is 105 Å². The van der Waals surface area contributed by atoms with Crippen LogP contribution in [0.25, 0.3) is 38.3 Å². The van der Waals surface area contributed by atoms with Gasteiger partial charge in [-0.15, -0.1) is 0 Å². The summed E-state index contributed by atoms with van der Waals surface area (Å²) in [5, 5.41) is 3.85. The summed E-state index contributed by atoms with van der Waals surface area (Å²) in [7, 11) is 0. The summed E-state index contributed by atoms with van der Waals surface area (Å²) < 4.78 is 3.40. The third-order valence-corrected chi connectivity index (χ3v) is 5.24. The highest BCUT2D eigenvalue weighted by molar-refractivity contribution is 9.10. The quantitative estimate of drug-likeness (QED) is 0.289. The fourth-order valence-electron chi connectivity index (χ4n) is 3.64. The molecule has 1 nitrogen and oxygen atoms in total. The molecule has 0 saturated carbocycles. The molecule has 0 N–H and O–H groups in total. The largest absolute Gasteiger partial charge is 0.302 e. The molecule has 5 aromatic rings. The highest BCUT2D eigenvalue weighted by Gasteiger charge is 2.15. The van der Waals surface area contributed by atoms with Crippen molar-refractivity contribution < 1.29 is 0 Å². The van der Waals surface area contributed by atoms with Crippen molar-refractivity contribution in [3.8, 4) is 11.1 Å². The third-order valence-electron chi connectivity index (χ3n) is 4.66. The van der Waals surface area contributed by atoms with Gasteiger partial charge in [0.05, 0.1) is 15.6 Å². The van der Waals surface area contributed by atoms with Gasteiger partial charge in [0.15, 0.2) is 0 Å². The second-order valence-electron chi connectivity index (χ2n) is 5.99. The topological polar surface area (TPSA) is 4.41 Å². The van der Waals surface area contributed by atoms with E-state index in [1.54, 1.807) is 0 Å². The summed E-state index contributed by atoms with van der Waals surface area (Å²) in [4.78, 5) is 0. The van der Waals surface area contributed by atoms with Crippen molar-refractivity contribution in [2.24, 2.45) is 0 Å². The van der Waals surface area contributed by atoms with Crippen molar-refractivity contribution in [3.63, 3.8) is 0 Å². The maximum Gasteiger partial charge on any atom is 0.0904 e. The van der Waals surface area contributed by atoms with E-state index in [9.17, 15) is 0 Å². The molecular formula is C22H14BrN. The molecule has 3 aromatic carbocycles. The lowest BCUT2D eigenvalue weighted by atomic mass is 10.0. The highest BCUT2D eigenvalue weighted by atomic mass is 79.9. The number of benzene rings is 3. The lowest BCUT2D eigenvalue weighted by Gasteiger charge is -2.11. The Morgan fingerprint density at radius 2 is 1.25 bits per heavy atom. The number of hydrogen-bond donors (Lipinski definition) is 0. The van der Waals surface area contributed by atoms with Crippen LogP contribution in [-0.4, -0.2) is 4.40 Å². The molecule has 0 saturated heterocycles. The van der Waals surface area contributed by atoms with E-state index in [1.807, 2.05) is 0 Å². The van der Waals surface area contributed by atoms with Gasteiger partial charge in [0.1, 0.15) is 0 Å². The average Bonchev–Trinajstić information content (AvgIpc) is 3.01. The molecule has 0 bridgehead atoms. The first-order chi connectivity index (χ1) is 11.8. The second-order valence-corrected chi connectivity index (χ2v) is 6.81. The SMILES string of the molecule is Brc1cc(-c2ccccc2)c2c3ccccc3c3ccccc3n12. The molecule has 2 heterocycles. The minimum atomic E-state index is 1.08. The Kier molecular flexibility index (Phi) is 3.00. The van der Waals surface area contributed by atoms with Crippen molar-refractivity contribution in [3.05, 3.63) is 89.5 Å². The second kappa shape index (κ2) is 5.22. The Balaban J connectivity index is 2.09. The monoisotopic (exact) mass is 371 g/mol. The van der Waals surface area contributed by atoms with Crippen LogP contribution in [0.5, 0.6) is 0 Å². The number of halogens is 1. The molecule has 114 valence electrons. The van der Waals surface area contributed by atoms with Crippen molar-refractivity contribution in [2.75, 3.05) is 0 Å². The molecule has 2 heteroatoms. The number of pyridine rings is 1. The first kappa shape index (κ1) is 13.8. The lowest BCUT2D eigenvalue weighted by molar-refractivity contribution is 1.24. The van der Waals surface area contributed by atoms with E-state index in [1.165, 1.54) is 38.3 Å². The predicted octanol–water partition coefficient (Wildman–Crippen LogP) is 6.68. The maximum absolute atomic E-state index is 3.78. The van der Waals surface area contributed by atoms with Crippen LogP contribution in [0.4, 0.5) is 0 Å². The van der Waals surface area contributed by atoms with Crippen LogP contribution < -0.4 is 0 Å². The normalized spacial score (nSPS) is 11.5. The van der Waals surface area contributed by atoms with Crippen molar-refractivity contribution >= 4 is 43.1 Å². The summed E-state index contributed by atoms with van der Waals surface area (Å²) >= 11 is 3.78. The average molecular weight is 372 g/mol. The maximum atomic E-state index is 3.78. The van der Waals surface area contributed by atoms with Crippen molar-refractivity contribution in [1.29, 1.82) is 0 Å². The number of rotatable bonds is 1. The first-order valence-corrected chi connectivity index (χ1v) is 8.80. The number of para-hydroxylation sites is 1. The zero-order valence-electron chi connectivity index (χ0n) is 12.9. The van der Waals surface area contributed by atoms with Crippen LogP contribution in [0.3, 0.4) is 0 Å². The van der Waals surface area contributed by atoms with Crippen molar-refractivity contribution in [2.45, 2.75) is 0 Å². The number of fused-ring (bicyclic) bond motifs is 6. The zero-order chi connectivity index (χ0) is 16.1. The number of nitrogens with zero attached hydrogens (tertiary/aromatic N) is 1. The molecular weight excluding hydrogens is 358 g/mol. The molecule has 24 heavy (non-hydrogen) atoms. The molecule has 0 unspecified atom stereocenters. The van der Waals surface area contributed by atoms with Gasteiger partial charge >= 0.3 is 0 Å². The van der Waals surface area contributed by atoms with E-state index in [0.717, 1.165) is 4.60 Å². The first-order valence-electron chi connectivity index (χ1n) is 8.00. The van der Waals surface area contributed by atoms with Gasteiger partial charge < -0.3 is 4.40 Å².